The molecular weight excluding hydrogens is 304 g/mol. The van der Waals surface area contributed by atoms with Gasteiger partial charge in [0.05, 0.1) is 0 Å². The van der Waals surface area contributed by atoms with Crippen molar-refractivity contribution in [1.82, 2.24) is 0 Å². The van der Waals surface area contributed by atoms with Crippen molar-refractivity contribution in [3.8, 4) is 0 Å². The Hall–Kier alpha value is -1.84. The van der Waals surface area contributed by atoms with E-state index in [-0.39, 0.29) is 0 Å². The van der Waals surface area contributed by atoms with E-state index in [0.29, 0.717) is 0 Å². The third-order valence-corrected chi connectivity index (χ3v) is 4.32. The van der Waals surface area contributed by atoms with Crippen molar-refractivity contribution in [1.29, 1.82) is 0 Å². The van der Waals surface area contributed by atoms with Crippen LogP contribution in [-0.4, -0.2) is 11.9 Å². The van der Waals surface area contributed by atoms with E-state index in [1.807, 2.05) is 12.2 Å². The van der Waals surface area contributed by atoms with E-state index in [0.717, 1.165) is 75.0 Å². The zero-order chi connectivity index (χ0) is 17.0. The van der Waals surface area contributed by atoms with Gasteiger partial charge < -0.3 is 9.47 Å². The van der Waals surface area contributed by atoms with Crippen LogP contribution in [-0.2, 0) is 19.1 Å². The molecule has 0 amide bonds. The second kappa shape index (κ2) is 10.8. The van der Waals surface area contributed by atoms with E-state index in [2.05, 4.69) is 0 Å². The highest BCUT2D eigenvalue weighted by molar-refractivity contribution is 5.92. The molecule has 0 spiro atoms. The molecule has 2 rings (SSSR count). The van der Waals surface area contributed by atoms with E-state index in [4.69, 9.17) is 9.47 Å². The van der Waals surface area contributed by atoms with Crippen molar-refractivity contribution in [2.75, 3.05) is 0 Å². The van der Waals surface area contributed by atoms with Crippen molar-refractivity contribution in [2.45, 2.75) is 77.0 Å². The van der Waals surface area contributed by atoms with Crippen LogP contribution in [0.4, 0.5) is 0 Å². The zero-order valence-corrected chi connectivity index (χ0v) is 14.4. The number of allylic oxidation sites excluding steroid dienone is 4. The van der Waals surface area contributed by atoms with E-state index in [1.54, 1.807) is 0 Å². The number of ether oxygens (including phenoxy) is 2. The quantitative estimate of drug-likeness (QED) is 0.530. The Morgan fingerprint density at radius 2 is 1.08 bits per heavy atom. The predicted octanol–water partition coefficient (Wildman–Crippen LogP) is 5.11. The molecule has 132 valence electrons. The summed E-state index contributed by atoms with van der Waals surface area (Å²) in [5.41, 5.74) is 0. The SMILES string of the molecule is O=C(/C=C\C(=O)OC1=CCCCCCC1)OC1=CCCCCCC1. The lowest BCUT2D eigenvalue weighted by molar-refractivity contribution is -0.136. The largest absolute Gasteiger partial charge is 0.428 e. The van der Waals surface area contributed by atoms with Gasteiger partial charge in [0, 0.05) is 25.0 Å². The van der Waals surface area contributed by atoms with Gasteiger partial charge in [-0.1, -0.05) is 25.7 Å². The molecule has 0 bridgehead atoms. The summed E-state index contributed by atoms with van der Waals surface area (Å²) in [4.78, 5) is 23.7. The van der Waals surface area contributed by atoms with Crippen LogP contribution in [0.1, 0.15) is 77.0 Å². The molecule has 0 aromatic heterocycles. The average molecular weight is 332 g/mol. The second-order valence-corrected chi connectivity index (χ2v) is 6.42. The van der Waals surface area contributed by atoms with Gasteiger partial charge in [0.25, 0.3) is 0 Å². The first-order chi connectivity index (χ1) is 11.7. The maximum absolute atomic E-state index is 11.8. The molecule has 4 nitrogen and oxygen atoms in total. The fourth-order valence-corrected chi connectivity index (χ4v) is 2.97. The minimum atomic E-state index is -0.509. The van der Waals surface area contributed by atoms with Gasteiger partial charge in [0.1, 0.15) is 11.5 Å². The molecule has 0 aromatic carbocycles. The molecule has 0 radical (unpaired) electrons. The van der Waals surface area contributed by atoms with Crippen LogP contribution in [0.25, 0.3) is 0 Å². The van der Waals surface area contributed by atoms with Crippen LogP contribution in [0.3, 0.4) is 0 Å². The van der Waals surface area contributed by atoms with Crippen LogP contribution < -0.4 is 0 Å². The molecule has 0 saturated carbocycles. The Morgan fingerprint density at radius 3 is 1.54 bits per heavy atom. The van der Waals surface area contributed by atoms with Gasteiger partial charge in [0.2, 0.25) is 0 Å². The fraction of sp³-hybridized carbons (Fsp3) is 0.600. The first-order valence-corrected chi connectivity index (χ1v) is 9.24. The number of rotatable bonds is 4. The Bertz CT molecular complexity index is 468. The van der Waals surface area contributed by atoms with Gasteiger partial charge in [-0.3, -0.25) is 0 Å². The minimum absolute atomic E-state index is 0.509. The smallest absolute Gasteiger partial charge is 0.336 e. The van der Waals surface area contributed by atoms with E-state index >= 15 is 0 Å². The highest BCUT2D eigenvalue weighted by Crippen LogP contribution is 2.19. The standard InChI is InChI=1S/C20H28O4/c21-19(23-17-11-7-3-1-4-8-12-17)15-16-20(22)24-18-13-9-5-2-6-10-14-18/h11,13,15-16H,1-10,12,14H2/b16-15-,17-11?,18-13?. The van der Waals surface area contributed by atoms with E-state index < -0.39 is 11.9 Å². The average Bonchev–Trinajstić information content (AvgIpc) is 2.50. The number of carbonyl (C=O) groups is 2. The maximum Gasteiger partial charge on any atom is 0.336 e. The summed E-state index contributed by atoms with van der Waals surface area (Å²) in [5, 5.41) is 0. The molecule has 0 atom stereocenters. The summed E-state index contributed by atoms with van der Waals surface area (Å²) in [7, 11) is 0. The van der Waals surface area contributed by atoms with Gasteiger partial charge in [0.15, 0.2) is 0 Å². The van der Waals surface area contributed by atoms with Crippen LogP contribution in [0, 0.1) is 0 Å². The second-order valence-electron chi connectivity index (χ2n) is 6.42. The third kappa shape index (κ3) is 7.62. The maximum atomic E-state index is 11.8. The molecule has 0 aromatic rings. The molecule has 0 aliphatic heterocycles. The molecule has 0 fully saturated rings. The van der Waals surface area contributed by atoms with Crippen LogP contribution >= 0.6 is 0 Å². The lowest BCUT2D eigenvalue weighted by Crippen LogP contribution is -2.06. The molecule has 24 heavy (non-hydrogen) atoms. The van der Waals surface area contributed by atoms with Crippen molar-refractivity contribution in [3.63, 3.8) is 0 Å². The number of esters is 2. The Balaban J connectivity index is 1.78. The highest BCUT2D eigenvalue weighted by Gasteiger charge is 2.09. The van der Waals surface area contributed by atoms with Gasteiger partial charge in [-0.2, -0.15) is 0 Å². The zero-order valence-electron chi connectivity index (χ0n) is 14.4. The summed E-state index contributed by atoms with van der Waals surface area (Å²) in [6, 6.07) is 0. The first kappa shape index (κ1) is 18.5. The lowest BCUT2D eigenvalue weighted by atomic mass is 10.1. The molecule has 0 N–H and O–H groups in total. The molecule has 0 unspecified atom stereocenters. The Morgan fingerprint density at radius 1 is 0.667 bits per heavy atom. The van der Waals surface area contributed by atoms with Crippen molar-refractivity contribution in [3.05, 3.63) is 35.8 Å². The molecule has 0 heterocycles. The molecule has 4 heteroatoms. The Labute approximate surface area is 144 Å². The summed E-state index contributed by atoms with van der Waals surface area (Å²) in [6.45, 7) is 0. The predicted molar refractivity (Wildman–Crippen MR) is 92.9 cm³/mol. The third-order valence-electron chi connectivity index (χ3n) is 4.32. The monoisotopic (exact) mass is 332 g/mol. The summed E-state index contributed by atoms with van der Waals surface area (Å²) in [6.07, 6.45) is 18.9. The molecule has 2 aliphatic rings. The van der Waals surface area contributed by atoms with E-state index in [9.17, 15) is 9.59 Å². The molecule has 2 aliphatic carbocycles. The van der Waals surface area contributed by atoms with Crippen molar-refractivity contribution >= 4 is 11.9 Å². The van der Waals surface area contributed by atoms with Gasteiger partial charge in [-0.25, -0.2) is 9.59 Å². The summed E-state index contributed by atoms with van der Waals surface area (Å²) >= 11 is 0. The highest BCUT2D eigenvalue weighted by atomic mass is 16.5. The molecular formula is C20H28O4. The fourth-order valence-electron chi connectivity index (χ4n) is 2.97. The number of hydrogen-bond acceptors (Lipinski definition) is 4. The first-order valence-electron chi connectivity index (χ1n) is 9.24. The molecule has 0 saturated heterocycles. The van der Waals surface area contributed by atoms with Crippen LogP contribution in [0.2, 0.25) is 0 Å². The number of hydrogen-bond donors (Lipinski definition) is 0. The number of carbonyl (C=O) groups excluding carboxylic acids is 2. The van der Waals surface area contributed by atoms with Crippen molar-refractivity contribution < 1.29 is 19.1 Å². The van der Waals surface area contributed by atoms with E-state index in [1.165, 1.54) is 25.7 Å². The summed E-state index contributed by atoms with van der Waals surface area (Å²) < 4.78 is 10.6. The normalized spacial score (nSPS) is 20.0. The van der Waals surface area contributed by atoms with Gasteiger partial charge >= 0.3 is 11.9 Å². The Kier molecular flexibility index (Phi) is 8.36. The van der Waals surface area contributed by atoms with Crippen LogP contribution in [0.5, 0.6) is 0 Å². The van der Waals surface area contributed by atoms with Crippen molar-refractivity contribution in [2.24, 2.45) is 0 Å². The topological polar surface area (TPSA) is 52.6 Å². The summed E-state index contributed by atoms with van der Waals surface area (Å²) in [5.74, 6) is 0.428. The lowest BCUT2D eigenvalue weighted by Gasteiger charge is -2.11. The minimum Gasteiger partial charge on any atom is -0.428 e. The van der Waals surface area contributed by atoms with Crippen LogP contribution in [0.15, 0.2) is 35.8 Å². The van der Waals surface area contributed by atoms with Gasteiger partial charge in [-0.15, -0.1) is 0 Å². The van der Waals surface area contributed by atoms with Gasteiger partial charge in [-0.05, 0) is 50.7 Å².